The van der Waals surface area contributed by atoms with E-state index >= 15 is 0 Å². The molecule has 9 nitrogen and oxygen atoms in total. The molecule has 3 rings (SSSR count). The predicted octanol–water partition coefficient (Wildman–Crippen LogP) is 3.94. The molecule has 33 heavy (non-hydrogen) atoms. The summed E-state index contributed by atoms with van der Waals surface area (Å²) in [7, 11) is -5.66. The molecule has 1 atom stereocenters. The lowest BCUT2D eigenvalue weighted by molar-refractivity contribution is 0.355. The molecule has 0 spiro atoms. The summed E-state index contributed by atoms with van der Waals surface area (Å²) in [5.74, 6) is -0.253. The highest BCUT2D eigenvalue weighted by molar-refractivity contribution is 7.92. The van der Waals surface area contributed by atoms with Crippen LogP contribution in [-0.2, 0) is 14.6 Å². The molecular weight excluding hydrogens is 494 g/mol. The molecule has 0 aliphatic heterocycles. The Morgan fingerprint density at radius 2 is 1.85 bits per heavy atom. The molecule has 0 aliphatic carbocycles. The van der Waals surface area contributed by atoms with E-state index in [4.69, 9.17) is 19.3 Å². The van der Waals surface area contributed by atoms with Crippen molar-refractivity contribution in [3.05, 3.63) is 59.9 Å². The number of hydrogen-bond donors (Lipinski definition) is 2. The van der Waals surface area contributed by atoms with Crippen molar-refractivity contribution in [3.8, 4) is 33.8 Å². The maximum absolute atomic E-state index is 13.7. The summed E-state index contributed by atoms with van der Waals surface area (Å²) in [5, 5.41) is 8.73. The first kappa shape index (κ1) is 24.7. The minimum atomic E-state index is -4.51. The molecule has 1 unspecified atom stereocenters. The summed E-state index contributed by atoms with van der Waals surface area (Å²) in [4.78, 5) is 10.6. The van der Waals surface area contributed by atoms with Crippen molar-refractivity contribution in [2.75, 3.05) is 20.5 Å². The SMILES string of the molecule is COc1ccc(-c2ccc(S(=O)(=O)NCP(=O)(O)Oc3ccc(C#N)c(F)c3)s2)cc1OC. The second-order valence-corrected chi connectivity index (χ2v) is 11.3. The van der Waals surface area contributed by atoms with E-state index in [1.807, 2.05) is 4.72 Å². The van der Waals surface area contributed by atoms with Crippen LogP contribution in [0.25, 0.3) is 10.4 Å². The molecule has 0 saturated carbocycles. The second kappa shape index (κ2) is 9.91. The van der Waals surface area contributed by atoms with Gasteiger partial charge in [-0.05, 0) is 48.0 Å². The first-order chi connectivity index (χ1) is 15.6. The number of rotatable bonds is 9. The predicted molar refractivity (Wildman–Crippen MR) is 120 cm³/mol. The Labute approximate surface area is 193 Å². The van der Waals surface area contributed by atoms with Crippen molar-refractivity contribution in [1.82, 2.24) is 4.72 Å². The van der Waals surface area contributed by atoms with Gasteiger partial charge in [0.15, 0.2) is 11.5 Å². The fourth-order valence-electron chi connectivity index (χ4n) is 2.69. The van der Waals surface area contributed by atoms with Crippen molar-refractivity contribution in [3.63, 3.8) is 0 Å². The van der Waals surface area contributed by atoms with Crippen LogP contribution in [0.3, 0.4) is 0 Å². The van der Waals surface area contributed by atoms with E-state index < -0.39 is 29.7 Å². The zero-order valence-electron chi connectivity index (χ0n) is 17.3. The van der Waals surface area contributed by atoms with Crippen molar-refractivity contribution in [1.29, 1.82) is 5.26 Å². The Hall–Kier alpha value is -2.94. The molecule has 2 N–H and O–H groups in total. The summed E-state index contributed by atoms with van der Waals surface area (Å²) in [6, 6.07) is 12.7. The minimum absolute atomic E-state index is 0.0864. The first-order valence-electron chi connectivity index (χ1n) is 9.11. The Kier molecular flexibility index (Phi) is 7.41. The average molecular weight is 512 g/mol. The smallest absolute Gasteiger partial charge is 0.391 e. The van der Waals surface area contributed by atoms with Crippen LogP contribution in [0.4, 0.5) is 4.39 Å². The van der Waals surface area contributed by atoms with Crippen molar-refractivity contribution in [2.45, 2.75) is 4.21 Å². The average Bonchev–Trinajstić information content (AvgIpc) is 3.29. The highest BCUT2D eigenvalue weighted by atomic mass is 32.2. The summed E-state index contributed by atoms with van der Waals surface area (Å²) >= 11 is 0.947. The van der Waals surface area contributed by atoms with Crippen molar-refractivity contribution in [2.24, 2.45) is 0 Å². The van der Waals surface area contributed by atoms with E-state index in [0.717, 1.165) is 29.5 Å². The van der Waals surface area contributed by atoms with Crippen LogP contribution in [-0.4, -0.2) is 33.8 Å². The molecule has 0 aliphatic rings. The van der Waals surface area contributed by atoms with Crippen LogP contribution in [0.2, 0.25) is 0 Å². The van der Waals surface area contributed by atoms with Gasteiger partial charge in [-0.1, -0.05) is 0 Å². The zero-order valence-corrected chi connectivity index (χ0v) is 19.8. The summed E-state index contributed by atoms with van der Waals surface area (Å²) in [6.45, 7) is 0. The van der Waals surface area contributed by atoms with Crippen molar-refractivity contribution >= 4 is 29.0 Å². The maximum Gasteiger partial charge on any atom is 0.391 e. The highest BCUT2D eigenvalue weighted by Gasteiger charge is 2.27. The number of nitrogens with one attached hydrogen (secondary N) is 1. The quantitative estimate of drug-likeness (QED) is 0.412. The Bertz CT molecular complexity index is 1370. The van der Waals surface area contributed by atoms with Gasteiger partial charge in [-0.3, -0.25) is 0 Å². The second-order valence-electron chi connectivity index (χ2n) is 6.48. The minimum Gasteiger partial charge on any atom is -0.493 e. The molecule has 0 saturated heterocycles. The molecule has 1 heterocycles. The van der Waals surface area contributed by atoms with Gasteiger partial charge in [-0.15, -0.1) is 11.3 Å². The van der Waals surface area contributed by atoms with E-state index in [1.54, 1.807) is 30.3 Å². The van der Waals surface area contributed by atoms with Gasteiger partial charge in [0.1, 0.15) is 28.1 Å². The molecule has 0 radical (unpaired) electrons. The summed E-state index contributed by atoms with van der Waals surface area (Å²) in [5.41, 5.74) is 0.428. The number of thiophene rings is 1. The number of halogens is 1. The Morgan fingerprint density at radius 3 is 2.48 bits per heavy atom. The molecular formula is C20H18FN2O7PS2. The van der Waals surface area contributed by atoms with Crippen LogP contribution < -0.4 is 18.7 Å². The van der Waals surface area contributed by atoms with E-state index in [9.17, 15) is 22.3 Å². The number of benzene rings is 2. The van der Waals surface area contributed by atoms with E-state index in [-0.39, 0.29) is 15.5 Å². The van der Waals surface area contributed by atoms with Gasteiger partial charge < -0.3 is 18.9 Å². The number of nitrogens with zero attached hydrogens (tertiary/aromatic N) is 1. The normalized spacial score (nSPS) is 13.1. The number of nitriles is 1. The summed E-state index contributed by atoms with van der Waals surface area (Å²) < 4.78 is 68.4. The van der Waals surface area contributed by atoms with Crippen LogP contribution >= 0.6 is 18.9 Å². The Balaban J connectivity index is 1.72. The number of ether oxygens (including phenoxy) is 2. The monoisotopic (exact) mass is 512 g/mol. The van der Waals surface area contributed by atoms with Crippen LogP contribution in [0.15, 0.2) is 52.7 Å². The van der Waals surface area contributed by atoms with Gasteiger partial charge in [0.05, 0.1) is 19.8 Å². The fraction of sp³-hybridized carbons (Fsp3) is 0.150. The number of methoxy groups -OCH3 is 2. The number of hydrogen-bond acceptors (Lipinski definition) is 8. The lowest BCUT2D eigenvalue weighted by Gasteiger charge is -2.14. The van der Waals surface area contributed by atoms with Gasteiger partial charge in [0.25, 0.3) is 10.0 Å². The molecule has 0 bridgehead atoms. The van der Waals surface area contributed by atoms with Gasteiger partial charge in [0, 0.05) is 10.9 Å². The molecule has 1 aromatic heterocycles. The largest absolute Gasteiger partial charge is 0.493 e. The first-order valence-corrected chi connectivity index (χ1v) is 13.2. The maximum atomic E-state index is 13.7. The van der Waals surface area contributed by atoms with Crippen LogP contribution in [0, 0.1) is 17.1 Å². The van der Waals surface area contributed by atoms with E-state index in [2.05, 4.69) is 0 Å². The molecule has 3 aromatic rings. The lowest BCUT2D eigenvalue weighted by Crippen LogP contribution is -2.25. The van der Waals surface area contributed by atoms with Crippen LogP contribution in [0.1, 0.15) is 5.56 Å². The molecule has 2 aromatic carbocycles. The van der Waals surface area contributed by atoms with Gasteiger partial charge in [-0.25, -0.2) is 17.4 Å². The highest BCUT2D eigenvalue weighted by Crippen LogP contribution is 2.42. The van der Waals surface area contributed by atoms with Gasteiger partial charge >= 0.3 is 7.60 Å². The lowest BCUT2D eigenvalue weighted by atomic mass is 10.1. The van der Waals surface area contributed by atoms with E-state index in [0.29, 0.717) is 21.9 Å². The van der Waals surface area contributed by atoms with Gasteiger partial charge in [-0.2, -0.15) is 9.98 Å². The van der Waals surface area contributed by atoms with Crippen molar-refractivity contribution < 1.29 is 36.3 Å². The number of sulfonamides is 1. The third-order valence-corrected chi connectivity index (χ3v) is 8.57. The molecule has 0 fully saturated rings. The molecule has 174 valence electrons. The third-order valence-electron chi connectivity index (χ3n) is 4.28. The van der Waals surface area contributed by atoms with E-state index in [1.165, 1.54) is 20.3 Å². The van der Waals surface area contributed by atoms with Crippen LogP contribution in [0.5, 0.6) is 17.2 Å². The van der Waals surface area contributed by atoms with Gasteiger partial charge in [0.2, 0.25) is 0 Å². The molecule has 13 heteroatoms. The zero-order chi connectivity index (χ0) is 24.2. The standard InChI is InChI=1S/C20H18FN2O7PS2/c1-28-17-6-4-13(9-18(17)29-2)19-7-8-20(32-19)33(26,27)23-12-31(24,25)30-15-5-3-14(11-22)16(21)10-15/h3-10,23H,12H2,1-2H3,(H,24,25). The topological polar surface area (TPSA) is 135 Å². The Morgan fingerprint density at radius 1 is 1.12 bits per heavy atom. The fourth-order valence-corrected chi connectivity index (χ4v) is 6.54. The molecule has 0 amide bonds. The summed E-state index contributed by atoms with van der Waals surface area (Å²) in [6.07, 6.45) is -0.944. The third kappa shape index (κ3) is 5.90.